The van der Waals surface area contributed by atoms with Crippen LogP contribution in [-0.4, -0.2) is 11.1 Å². The Labute approximate surface area is 118 Å². The van der Waals surface area contributed by atoms with E-state index in [-0.39, 0.29) is 9.35 Å². The van der Waals surface area contributed by atoms with Gasteiger partial charge in [-0.15, -0.1) is 11.3 Å². The molecule has 7 heteroatoms. The number of hydrogen-bond donors (Lipinski definition) is 1. The van der Waals surface area contributed by atoms with Gasteiger partial charge >= 0.3 is 12.1 Å². The van der Waals surface area contributed by atoms with Crippen molar-refractivity contribution in [3.63, 3.8) is 0 Å². The van der Waals surface area contributed by atoms with Gasteiger partial charge in [0.05, 0.1) is 5.56 Å². The molecule has 0 saturated carbocycles. The minimum Gasteiger partial charge on any atom is -0.477 e. The molecule has 0 aliphatic heterocycles. The standard InChI is InChI=1S/C12H6BrF3O2S/c13-8-2-1-6(5-7(8)12(14,15)16)9-3-4-10(19-9)11(17)18/h1-5H,(H,17,18). The molecular weight excluding hydrogens is 345 g/mol. The number of halogens is 4. The largest absolute Gasteiger partial charge is 0.477 e. The van der Waals surface area contributed by atoms with E-state index < -0.39 is 17.7 Å². The summed E-state index contributed by atoms with van der Waals surface area (Å²) in [4.78, 5) is 11.3. The lowest BCUT2D eigenvalue weighted by atomic mass is 10.1. The van der Waals surface area contributed by atoms with Crippen molar-refractivity contribution in [3.8, 4) is 10.4 Å². The second-order valence-electron chi connectivity index (χ2n) is 3.66. The number of thiophene rings is 1. The summed E-state index contributed by atoms with van der Waals surface area (Å²) in [5.41, 5.74) is -0.441. The highest BCUT2D eigenvalue weighted by Gasteiger charge is 2.33. The van der Waals surface area contributed by atoms with Crippen LogP contribution in [0.25, 0.3) is 10.4 Å². The molecule has 0 radical (unpaired) electrons. The third-order valence-electron chi connectivity index (χ3n) is 2.37. The lowest BCUT2D eigenvalue weighted by Gasteiger charge is -2.10. The molecule has 0 aliphatic carbocycles. The summed E-state index contributed by atoms with van der Waals surface area (Å²) in [7, 11) is 0. The highest BCUT2D eigenvalue weighted by Crippen LogP contribution is 2.38. The molecule has 0 fully saturated rings. The molecule has 1 aromatic heterocycles. The fourth-order valence-corrected chi connectivity index (χ4v) is 2.82. The van der Waals surface area contributed by atoms with E-state index in [1.165, 1.54) is 24.3 Å². The smallest absolute Gasteiger partial charge is 0.417 e. The Hall–Kier alpha value is -1.34. The maximum Gasteiger partial charge on any atom is 0.417 e. The van der Waals surface area contributed by atoms with Crippen LogP contribution in [0.3, 0.4) is 0 Å². The van der Waals surface area contributed by atoms with Crippen LogP contribution < -0.4 is 0 Å². The summed E-state index contributed by atoms with van der Waals surface area (Å²) in [6, 6.07) is 6.69. The van der Waals surface area contributed by atoms with Crippen molar-refractivity contribution in [2.45, 2.75) is 6.18 Å². The van der Waals surface area contributed by atoms with E-state index in [0.717, 1.165) is 17.4 Å². The van der Waals surface area contributed by atoms with Gasteiger partial charge in [0.1, 0.15) is 4.88 Å². The first-order valence-corrected chi connectivity index (χ1v) is 6.60. The van der Waals surface area contributed by atoms with Crippen molar-refractivity contribution in [1.82, 2.24) is 0 Å². The van der Waals surface area contributed by atoms with Gasteiger partial charge in [-0.2, -0.15) is 13.2 Å². The molecule has 19 heavy (non-hydrogen) atoms. The normalized spacial score (nSPS) is 11.6. The first-order chi connectivity index (χ1) is 8.79. The first-order valence-electron chi connectivity index (χ1n) is 4.99. The van der Waals surface area contributed by atoms with Crippen LogP contribution in [0.1, 0.15) is 15.2 Å². The van der Waals surface area contributed by atoms with Gasteiger partial charge in [0.25, 0.3) is 0 Å². The number of benzene rings is 1. The van der Waals surface area contributed by atoms with E-state index in [1.54, 1.807) is 0 Å². The Bertz CT molecular complexity index is 634. The number of aromatic carboxylic acids is 1. The average molecular weight is 351 g/mol. The Morgan fingerprint density at radius 1 is 1.21 bits per heavy atom. The predicted octanol–water partition coefficient (Wildman–Crippen LogP) is 4.89. The fourth-order valence-electron chi connectivity index (χ4n) is 1.50. The van der Waals surface area contributed by atoms with Crippen molar-refractivity contribution in [1.29, 1.82) is 0 Å². The second-order valence-corrected chi connectivity index (χ2v) is 5.60. The molecule has 2 rings (SSSR count). The summed E-state index contributed by atoms with van der Waals surface area (Å²) < 4.78 is 38.2. The molecule has 1 aromatic carbocycles. The molecule has 0 aliphatic rings. The van der Waals surface area contributed by atoms with Crippen molar-refractivity contribution in [2.24, 2.45) is 0 Å². The van der Waals surface area contributed by atoms with Gasteiger partial charge in [0.2, 0.25) is 0 Å². The Kier molecular flexibility index (Phi) is 3.69. The van der Waals surface area contributed by atoms with Gasteiger partial charge in [-0.05, 0) is 29.8 Å². The monoisotopic (exact) mass is 350 g/mol. The van der Waals surface area contributed by atoms with Crippen LogP contribution in [0.5, 0.6) is 0 Å². The molecule has 2 nitrogen and oxygen atoms in total. The Balaban J connectivity index is 2.48. The summed E-state index contributed by atoms with van der Waals surface area (Å²) in [5.74, 6) is -1.09. The second kappa shape index (κ2) is 4.97. The summed E-state index contributed by atoms with van der Waals surface area (Å²) in [6.45, 7) is 0. The van der Waals surface area contributed by atoms with Crippen LogP contribution in [0.2, 0.25) is 0 Å². The molecule has 100 valence electrons. The molecule has 2 aromatic rings. The van der Waals surface area contributed by atoms with Crippen molar-refractivity contribution >= 4 is 33.2 Å². The van der Waals surface area contributed by atoms with E-state index in [4.69, 9.17) is 5.11 Å². The highest BCUT2D eigenvalue weighted by atomic mass is 79.9. The van der Waals surface area contributed by atoms with E-state index in [0.29, 0.717) is 10.4 Å². The van der Waals surface area contributed by atoms with Gasteiger partial charge in [-0.25, -0.2) is 4.79 Å². The third-order valence-corrected chi connectivity index (χ3v) is 4.19. The number of carboxylic acids is 1. The zero-order chi connectivity index (χ0) is 14.2. The Morgan fingerprint density at radius 3 is 2.42 bits per heavy atom. The quantitative estimate of drug-likeness (QED) is 0.836. The van der Waals surface area contributed by atoms with Crippen molar-refractivity contribution in [2.75, 3.05) is 0 Å². The van der Waals surface area contributed by atoms with E-state index in [9.17, 15) is 18.0 Å². The van der Waals surface area contributed by atoms with Crippen LogP contribution in [0, 0.1) is 0 Å². The summed E-state index contributed by atoms with van der Waals surface area (Å²) in [5, 5.41) is 8.80. The minimum atomic E-state index is -4.46. The van der Waals surface area contributed by atoms with Crippen molar-refractivity contribution in [3.05, 3.63) is 45.2 Å². The fraction of sp³-hybridized carbons (Fsp3) is 0.0833. The maximum atomic E-state index is 12.8. The van der Waals surface area contributed by atoms with Gasteiger partial charge in [0, 0.05) is 9.35 Å². The summed E-state index contributed by atoms with van der Waals surface area (Å²) >= 11 is 3.79. The Morgan fingerprint density at radius 2 is 1.89 bits per heavy atom. The van der Waals surface area contributed by atoms with Crippen LogP contribution in [0.4, 0.5) is 13.2 Å². The molecule has 0 spiro atoms. The van der Waals surface area contributed by atoms with Crippen LogP contribution in [0.15, 0.2) is 34.8 Å². The number of carboxylic acid groups (broad SMARTS) is 1. The number of alkyl halides is 3. The molecule has 1 heterocycles. The maximum absolute atomic E-state index is 12.8. The SMILES string of the molecule is O=C(O)c1ccc(-c2ccc(Br)c(C(F)(F)F)c2)s1. The van der Waals surface area contributed by atoms with Crippen molar-refractivity contribution < 1.29 is 23.1 Å². The van der Waals surface area contributed by atoms with E-state index in [2.05, 4.69) is 15.9 Å². The minimum absolute atomic E-state index is 0.0428. The zero-order valence-corrected chi connectivity index (χ0v) is 11.6. The van der Waals surface area contributed by atoms with E-state index in [1.807, 2.05) is 0 Å². The topological polar surface area (TPSA) is 37.3 Å². The molecule has 1 N–H and O–H groups in total. The lowest BCUT2D eigenvalue weighted by Crippen LogP contribution is -2.05. The third kappa shape index (κ3) is 2.98. The predicted molar refractivity (Wildman–Crippen MR) is 69.4 cm³/mol. The van der Waals surface area contributed by atoms with Gasteiger partial charge in [-0.3, -0.25) is 0 Å². The van der Waals surface area contributed by atoms with Crippen LogP contribution >= 0.6 is 27.3 Å². The number of rotatable bonds is 2. The number of hydrogen-bond acceptors (Lipinski definition) is 2. The van der Waals surface area contributed by atoms with Gasteiger partial charge in [0.15, 0.2) is 0 Å². The number of carbonyl (C=O) groups is 1. The molecule has 0 saturated heterocycles. The van der Waals surface area contributed by atoms with Gasteiger partial charge < -0.3 is 5.11 Å². The van der Waals surface area contributed by atoms with Gasteiger partial charge in [-0.1, -0.05) is 22.0 Å². The zero-order valence-electron chi connectivity index (χ0n) is 9.16. The van der Waals surface area contributed by atoms with E-state index >= 15 is 0 Å². The highest BCUT2D eigenvalue weighted by molar-refractivity contribution is 9.10. The molecule has 0 unspecified atom stereocenters. The molecule has 0 atom stereocenters. The van der Waals surface area contributed by atoms with Crippen LogP contribution in [-0.2, 0) is 6.18 Å². The summed E-state index contributed by atoms with van der Waals surface area (Å²) in [6.07, 6.45) is -4.46. The average Bonchev–Trinajstić information content (AvgIpc) is 2.77. The molecule has 0 amide bonds. The molecule has 0 bridgehead atoms. The first kappa shape index (κ1) is 14.1. The lowest BCUT2D eigenvalue weighted by molar-refractivity contribution is -0.138. The molecular formula is C12H6BrF3O2S.